The van der Waals surface area contributed by atoms with Crippen LogP contribution in [-0.4, -0.2) is 33.3 Å². The Morgan fingerprint density at radius 2 is 1.94 bits per heavy atom. The van der Waals surface area contributed by atoms with Crippen LogP contribution in [0.15, 0.2) is 42.5 Å². The summed E-state index contributed by atoms with van der Waals surface area (Å²) in [6.45, 7) is 3.76. The van der Waals surface area contributed by atoms with Crippen molar-refractivity contribution in [3.05, 3.63) is 82.5 Å². The summed E-state index contributed by atoms with van der Waals surface area (Å²) in [6.07, 6.45) is 0. The molecule has 0 saturated heterocycles. The first kappa shape index (κ1) is 22.3. The fourth-order valence-corrected chi connectivity index (χ4v) is 3.89. The van der Waals surface area contributed by atoms with Gasteiger partial charge in [-0.2, -0.15) is 13.9 Å². The lowest BCUT2D eigenvalue weighted by atomic mass is 10.0. The molecule has 1 unspecified atom stereocenters. The SMILES string of the molecule is CC(NC(=O)c1c(C(C)(F)F)nn2c1N(Cc1cc#ccc1)CC2)c1ccc(C(=O)O)cc1. The largest absolute Gasteiger partial charge is 0.478 e. The molecule has 0 bridgehead atoms. The fraction of sp³-hybridized carbons (Fsp3) is 0.292. The predicted octanol–water partition coefficient (Wildman–Crippen LogP) is 3.80. The van der Waals surface area contributed by atoms with Crippen molar-refractivity contribution >= 4 is 17.7 Å². The lowest BCUT2D eigenvalue weighted by Crippen LogP contribution is -2.31. The average molecular weight is 452 g/mol. The molecule has 7 nitrogen and oxygen atoms in total. The molecular formula is C24H22F2N4O3. The number of carboxylic acids is 1. The summed E-state index contributed by atoms with van der Waals surface area (Å²) in [5.74, 6) is -4.68. The van der Waals surface area contributed by atoms with E-state index >= 15 is 0 Å². The Bertz CT molecular complexity index is 1170. The summed E-state index contributed by atoms with van der Waals surface area (Å²) in [4.78, 5) is 26.2. The van der Waals surface area contributed by atoms with Gasteiger partial charge in [-0.3, -0.25) is 4.79 Å². The molecule has 0 aliphatic carbocycles. The molecule has 1 atom stereocenters. The Kier molecular flexibility index (Phi) is 5.77. The van der Waals surface area contributed by atoms with Gasteiger partial charge in [-0.1, -0.05) is 24.3 Å². The van der Waals surface area contributed by atoms with Crippen molar-refractivity contribution in [3.8, 4) is 0 Å². The number of hydrogen-bond donors (Lipinski definition) is 2. The van der Waals surface area contributed by atoms with E-state index in [1.807, 2.05) is 11.0 Å². The fourth-order valence-electron chi connectivity index (χ4n) is 3.89. The number of aromatic carboxylic acids is 1. The zero-order valence-corrected chi connectivity index (χ0v) is 18.1. The van der Waals surface area contributed by atoms with Gasteiger partial charge >= 0.3 is 5.97 Å². The Labute approximate surface area is 189 Å². The first-order valence-electron chi connectivity index (χ1n) is 10.4. The molecule has 9 heteroatoms. The third-order valence-corrected chi connectivity index (χ3v) is 5.55. The maximum Gasteiger partial charge on any atom is 0.335 e. The molecule has 2 aromatic carbocycles. The van der Waals surface area contributed by atoms with E-state index in [0.717, 1.165) is 12.5 Å². The highest BCUT2D eigenvalue weighted by molar-refractivity contribution is 6.01. The highest BCUT2D eigenvalue weighted by Crippen LogP contribution is 2.37. The second kappa shape index (κ2) is 8.54. The Balaban J connectivity index is 1.64. The summed E-state index contributed by atoms with van der Waals surface area (Å²) in [5.41, 5.74) is 0.953. The molecule has 170 valence electrons. The first-order chi connectivity index (χ1) is 15.6. The van der Waals surface area contributed by atoms with Crippen LogP contribution in [0.25, 0.3) is 0 Å². The maximum atomic E-state index is 14.4. The molecule has 4 rings (SSSR count). The Morgan fingerprint density at radius 3 is 2.55 bits per heavy atom. The second-order valence-corrected chi connectivity index (χ2v) is 8.04. The lowest BCUT2D eigenvalue weighted by molar-refractivity contribution is 0.0110. The predicted molar refractivity (Wildman–Crippen MR) is 116 cm³/mol. The minimum absolute atomic E-state index is 0.117. The van der Waals surface area contributed by atoms with Crippen molar-refractivity contribution in [2.75, 3.05) is 11.4 Å². The van der Waals surface area contributed by atoms with Crippen molar-refractivity contribution in [1.82, 2.24) is 15.1 Å². The van der Waals surface area contributed by atoms with Gasteiger partial charge in [0.05, 0.1) is 18.2 Å². The van der Waals surface area contributed by atoms with Crippen molar-refractivity contribution in [2.24, 2.45) is 0 Å². The van der Waals surface area contributed by atoms with Gasteiger partial charge in [-0.15, -0.1) is 0 Å². The van der Waals surface area contributed by atoms with E-state index in [2.05, 4.69) is 22.5 Å². The molecule has 1 aromatic heterocycles. The number of nitrogens with zero attached hydrogens (tertiary/aromatic N) is 3. The van der Waals surface area contributed by atoms with Crippen molar-refractivity contribution < 1.29 is 23.5 Å². The standard InChI is InChI=1S/C24H22F2N4O3/c1-15(17-8-10-18(11-9-17)23(32)33)27-21(31)19-20(24(2,25)26)28-30-13-12-29(22(19)30)14-16-6-4-3-5-7-16/h4,6-11,15H,12-14H2,1-2H3,(H,27,31)(H,32,33). The number of carbonyl (C=O) groups is 2. The first-order valence-corrected chi connectivity index (χ1v) is 10.4. The number of aromatic nitrogens is 2. The molecule has 1 aliphatic rings. The smallest absolute Gasteiger partial charge is 0.335 e. The lowest BCUT2D eigenvalue weighted by Gasteiger charge is -2.21. The number of anilines is 1. The van der Waals surface area contributed by atoms with Crippen molar-refractivity contribution in [2.45, 2.75) is 38.9 Å². The van der Waals surface area contributed by atoms with Crippen molar-refractivity contribution in [3.63, 3.8) is 0 Å². The van der Waals surface area contributed by atoms with Gasteiger partial charge in [-0.25, -0.2) is 9.48 Å². The van der Waals surface area contributed by atoms with Crippen LogP contribution in [0, 0.1) is 12.1 Å². The topological polar surface area (TPSA) is 87.5 Å². The van der Waals surface area contributed by atoms with E-state index in [-0.39, 0.29) is 11.1 Å². The number of carboxylic acid groups (broad SMARTS) is 1. The van der Waals surface area contributed by atoms with Gasteiger partial charge < -0.3 is 15.3 Å². The molecule has 3 aromatic rings. The molecule has 0 saturated carbocycles. The van der Waals surface area contributed by atoms with Crippen molar-refractivity contribution in [1.29, 1.82) is 0 Å². The number of benzene rings is 1. The van der Waals surface area contributed by atoms with Gasteiger partial charge in [0.1, 0.15) is 17.1 Å². The minimum atomic E-state index is -3.31. The van der Waals surface area contributed by atoms with E-state index in [1.165, 1.54) is 16.8 Å². The van der Waals surface area contributed by atoms with E-state index in [4.69, 9.17) is 5.11 Å². The number of rotatable bonds is 7. The summed E-state index contributed by atoms with van der Waals surface area (Å²) < 4.78 is 30.3. The van der Waals surface area contributed by atoms with E-state index in [0.29, 0.717) is 31.0 Å². The van der Waals surface area contributed by atoms with Crippen LogP contribution in [0.1, 0.15) is 57.4 Å². The van der Waals surface area contributed by atoms with Crippen LogP contribution < -0.4 is 10.2 Å². The summed E-state index contributed by atoms with van der Waals surface area (Å²) in [7, 11) is 0. The van der Waals surface area contributed by atoms with Gasteiger partial charge in [0, 0.05) is 20.0 Å². The van der Waals surface area contributed by atoms with Crippen LogP contribution in [-0.2, 0) is 19.0 Å². The number of fused-ring (bicyclic) bond motifs is 1. The molecule has 2 heterocycles. The van der Waals surface area contributed by atoms with Gasteiger partial charge in [-0.05, 0) is 48.4 Å². The summed E-state index contributed by atoms with van der Waals surface area (Å²) in [5, 5.41) is 15.9. The van der Waals surface area contributed by atoms with Crippen LogP contribution in [0.3, 0.4) is 0 Å². The third-order valence-electron chi connectivity index (χ3n) is 5.55. The number of halogens is 2. The van der Waals surface area contributed by atoms with Crippen LogP contribution >= 0.6 is 0 Å². The quantitative estimate of drug-likeness (QED) is 0.569. The second-order valence-electron chi connectivity index (χ2n) is 8.04. The number of nitrogens with one attached hydrogen (secondary N) is 1. The molecule has 1 amide bonds. The maximum absolute atomic E-state index is 14.4. The van der Waals surface area contributed by atoms with E-state index in [9.17, 15) is 18.4 Å². The molecule has 33 heavy (non-hydrogen) atoms. The van der Waals surface area contributed by atoms with E-state index in [1.54, 1.807) is 31.2 Å². The highest BCUT2D eigenvalue weighted by Gasteiger charge is 2.40. The summed E-state index contributed by atoms with van der Waals surface area (Å²) in [6, 6.07) is 16.5. The Morgan fingerprint density at radius 1 is 1.21 bits per heavy atom. The molecule has 2 N–H and O–H groups in total. The molecule has 0 radical (unpaired) electrons. The number of amides is 1. The van der Waals surface area contributed by atoms with Crippen LogP contribution in [0.5, 0.6) is 0 Å². The molecule has 0 fully saturated rings. The zero-order valence-electron chi connectivity index (χ0n) is 18.1. The molecular weight excluding hydrogens is 430 g/mol. The number of hydrogen-bond acceptors (Lipinski definition) is 4. The Hall–Kier alpha value is -3.93. The zero-order chi connectivity index (χ0) is 23.8. The minimum Gasteiger partial charge on any atom is -0.478 e. The van der Waals surface area contributed by atoms with Crippen LogP contribution in [0.2, 0.25) is 0 Å². The van der Waals surface area contributed by atoms with Gasteiger partial charge in [0.2, 0.25) is 0 Å². The highest BCUT2D eigenvalue weighted by atomic mass is 19.3. The van der Waals surface area contributed by atoms with Gasteiger partial charge in [0.15, 0.2) is 0 Å². The molecule has 1 aliphatic heterocycles. The van der Waals surface area contributed by atoms with Gasteiger partial charge in [0.25, 0.3) is 11.8 Å². The summed E-state index contributed by atoms with van der Waals surface area (Å²) >= 11 is 0. The number of alkyl halides is 2. The van der Waals surface area contributed by atoms with E-state index < -0.39 is 29.5 Å². The monoisotopic (exact) mass is 452 g/mol. The average Bonchev–Trinajstić information content (AvgIpc) is 3.34. The third kappa shape index (κ3) is 4.51. The van der Waals surface area contributed by atoms with Crippen LogP contribution in [0.4, 0.5) is 14.6 Å². The normalized spacial score (nSPS) is 13.9. The number of carbonyl (C=O) groups excluding carboxylic acids is 1. The molecule has 0 spiro atoms.